The lowest BCUT2D eigenvalue weighted by Gasteiger charge is -2.33. The molecule has 1 aliphatic rings. The molecule has 2 rings (SSSR count). The monoisotopic (exact) mass is 331 g/mol. The molecule has 1 N–H and O–H groups in total. The van der Waals surface area contributed by atoms with Gasteiger partial charge in [-0.25, -0.2) is 12.8 Å². The SMILES string of the molecule is COCC1(C(=O)O)CCCN1S(=O)(=O)Cc1cccc(F)c1. The maximum Gasteiger partial charge on any atom is 0.327 e. The third-order valence-corrected chi connectivity index (χ3v) is 5.69. The summed E-state index contributed by atoms with van der Waals surface area (Å²) < 4.78 is 44.3. The van der Waals surface area contributed by atoms with Crippen LogP contribution in [0.15, 0.2) is 24.3 Å². The number of benzene rings is 1. The van der Waals surface area contributed by atoms with Crippen LogP contribution in [0.2, 0.25) is 0 Å². The van der Waals surface area contributed by atoms with Crippen molar-refractivity contribution in [3.05, 3.63) is 35.6 Å². The van der Waals surface area contributed by atoms with Crippen LogP contribution in [0.3, 0.4) is 0 Å². The molecule has 1 fully saturated rings. The number of ether oxygens (including phenoxy) is 1. The fraction of sp³-hybridized carbons (Fsp3) is 0.500. The summed E-state index contributed by atoms with van der Waals surface area (Å²) >= 11 is 0. The van der Waals surface area contributed by atoms with Crippen LogP contribution in [0, 0.1) is 5.82 Å². The molecule has 0 amide bonds. The number of rotatable bonds is 6. The van der Waals surface area contributed by atoms with Gasteiger partial charge in [-0.2, -0.15) is 4.31 Å². The molecule has 6 nitrogen and oxygen atoms in total. The third kappa shape index (κ3) is 3.13. The van der Waals surface area contributed by atoms with Gasteiger partial charge in [0, 0.05) is 13.7 Å². The van der Waals surface area contributed by atoms with Crippen molar-refractivity contribution in [3.8, 4) is 0 Å². The van der Waals surface area contributed by atoms with Crippen molar-refractivity contribution in [3.63, 3.8) is 0 Å². The quantitative estimate of drug-likeness (QED) is 0.847. The van der Waals surface area contributed by atoms with Crippen LogP contribution in [0.4, 0.5) is 4.39 Å². The summed E-state index contributed by atoms with van der Waals surface area (Å²) in [5.74, 6) is -2.20. The number of nitrogens with zero attached hydrogens (tertiary/aromatic N) is 1. The van der Waals surface area contributed by atoms with Crippen LogP contribution >= 0.6 is 0 Å². The highest BCUT2D eigenvalue weighted by atomic mass is 32.2. The zero-order chi connectivity index (χ0) is 16.4. The van der Waals surface area contributed by atoms with Gasteiger partial charge in [0.05, 0.1) is 12.4 Å². The number of hydrogen-bond acceptors (Lipinski definition) is 4. The molecule has 1 aromatic rings. The first-order valence-electron chi connectivity index (χ1n) is 6.79. The molecule has 1 atom stereocenters. The van der Waals surface area contributed by atoms with Gasteiger partial charge in [0.2, 0.25) is 10.0 Å². The van der Waals surface area contributed by atoms with Crippen molar-refractivity contribution >= 4 is 16.0 Å². The molecule has 8 heteroatoms. The standard InChI is InChI=1S/C14H18FNO5S/c1-21-10-14(13(17)18)6-3-7-16(14)22(19,20)9-11-4-2-5-12(15)8-11/h2,4-5,8H,3,6-7,9-10H2,1H3,(H,17,18). The molecule has 1 heterocycles. The second-order valence-corrected chi connectivity index (χ2v) is 7.22. The summed E-state index contributed by atoms with van der Waals surface area (Å²) in [6, 6.07) is 5.27. The Morgan fingerprint density at radius 1 is 1.50 bits per heavy atom. The average Bonchev–Trinajstić information content (AvgIpc) is 2.84. The van der Waals surface area contributed by atoms with E-state index in [-0.39, 0.29) is 25.1 Å². The second-order valence-electron chi connectivity index (χ2n) is 5.33. The first-order valence-corrected chi connectivity index (χ1v) is 8.40. The van der Waals surface area contributed by atoms with Crippen LogP contribution in [-0.2, 0) is 25.3 Å². The Morgan fingerprint density at radius 3 is 2.82 bits per heavy atom. The number of aliphatic carboxylic acids is 1. The van der Waals surface area contributed by atoms with Gasteiger partial charge in [-0.1, -0.05) is 12.1 Å². The van der Waals surface area contributed by atoms with Crippen LogP contribution in [0.1, 0.15) is 18.4 Å². The molecule has 0 spiro atoms. The molecule has 0 saturated carbocycles. The highest BCUT2D eigenvalue weighted by Crippen LogP contribution is 2.34. The number of carbonyl (C=O) groups is 1. The summed E-state index contributed by atoms with van der Waals surface area (Å²) in [6.07, 6.45) is 0.636. The summed E-state index contributed by atoms with van der Waals surface area (Å²) in [5.41, 5.74) is -1.30. The van der Waals surface area contributed by atoms with Crippen molar-refractivity contribution in [1.82, 2.24) is 4.31 Å². The van der Waals surface area contributed by atoms with E-state index in [0.717, 1.165) is 10.4 Å². The van der Waals surface area contributed by atoms with Gasteiger partial charge < -0.3 is 9.84 Å². The summed E-state index contributed by atoms with van der Waals surface area (Å²) in [5, 5.41) is 9.49. The van der Waals surface area contributed by atoms with Gasteiger partial charge in [0.1, 0.15) is 5.82 Å². The van der Waals surface area contributed by atoms with Crippen molar-refractivity contribution in [1.29, 1.82) is 0 Å². The predicted octanol–water partition coefficient (Wildman–Crippen LogP) is 1.22. The highest BCUT2D eigenvalue weighted by molar-refractivity contribution is 7.88. The molecule has 0 bridgehead atoms. The Balaban J connectivity index is 2.33. The van der Waals surface area contributed by atoms with E-state index in [1.54, 1.807) is 0 Å². The minimum absolute atomic E-state index is 0.118. The van der Waals surface area contributed by atoms with E-state index in [1.807, 2.05) is 0 Å². The smallest absolute Gasteiger partial charge is 0.327 e. The normalized spacial score (nSPS) is 22.8. The van der Waals surface area contributed by atoms with E-state index in [0.29, 0.717) is 6.42 Å². The van der Waals surface area contributed by atoms with Crippen molar-refractivity contribution in [2.24, 2.45) is 0 Å². The molecular formula is C14H18FNO5S. The molecular weight excluding hydrogens is 313 g/mol. The molecule has 0 radical (unpaired) electrons. The zero-order valence-corrected chi connectivity index (χ0v) is 13.0. The van der Waals surface area contributed by atoms with E-state index in [2.05, 4.69) is 0 Å². The van der Waals surface area contributed by atoms with Gasteiger partial charge >= 0.3 is 5.97 Å². The Morgan fingerprint density at radius 2 is 2.23 bits per heavy atom. The highest BCUT2D eigenvalue weighted by Gasteiger charge is 2.53. The fourth-order valence-corrected chi connectivity index (χ4v) is 4.75. The maximum absolute atomic E-state index is 13.2. The molecule has 1 saturated heterocycles. The Hall–Kier alpha value is -1.51. The van der Waals surface area contributed by atoms with Crippen LogP contribution < -0.4 is 0 Å². The number of hydrogen-bond donors (Lipinski definition) is 1. The van der Waals surface area contributed by atoms with E-state index in [1.165, 1.54) is 25.3 Å². The minimum atomic E-state index is -3.90. The van der Waals surface area contributed by atoms with Crippen molar-refractivity contribution < 1.29 is 27.4 Å². The Bertz CT molecular complexity index is 663. The fourth-order valence-electron chi connectivity index (χ4n) is 2.83. The maximum atomic E-state index is 13.2. The van der Waals surface area contributed by atoms with E-state index in [9.17, 15) is 22.7 Å². The van der Waals surface area contributed by atoms with Crippen molar-refractivity contribution in [2.75, 3.05) is 20.3 Å². The summed E-state index contributed by atoms with van der Waals surface area (Å²) in [6.45, 7) is -0.0992. The van der Waals surface area contributed by atoms with E-state index < -0.39 is 33.1 Å². The number of methoxy groups -OCH3 is 1. The number of halogens is 1. The first-order chi connectivity index (χ1) is 10.3. The van der Waals surface area contributed by atoms with Gasteiger partial charge in [-0.05, 0) is 30.5 Å². The second kappa shape index (κ2) is 6.31. The molecule has 0 aromatic heterocycles. The lowest BCUT2D eigenvalue weighted by molar-refractivity contribution is -0.150. The summed E-state index contributed by atoms with van der Waals surface area (Å²) in [4.78, 5) is 11.6. The largest absolute Gasteiger partial charge is 0.480 e. The lowest BCUT2D eigenvalue weighted by atomic mass is 9.99. The minimum Gasteiger partial charge on any atom is -0.480 e. The Labute approximate surface area is 128 Å². The summed E-state index contributed by atoms with van der Waals surface area (Å²) in [7, 11) is -2.57. The lowest BCUT2D eigenvalue weighted by Crippen LogP contribution is -2.56. The van der Waals surface area contributed by atoms with Crippen LogP contribution in [-0.4, -0.2) is 49.6 Å². The number of carboxylic acid groups (broad SMARTS) is 1. The molecule has 1 aliphatic heterocycles. The van der Waals surface area contributed by atoms with E-state index >= 15 is 0 Å². The first kappa shape index (κ1) is 16.9. The molecule has 0 aliphatic carbocycles. The number of carboxylic acids is 1. The third-order valence-electron chi connectivity index (χ3n) is 3.78. The van der Waals surface area contributed by atoms with Gasteiger partial charge in [0.25, 0.3) is 0 Å². The van der Waals surface area contributed by atoms with Gasteiger partial charge in [-0.3, -0.25) is 4.79 Å². The van der Waals surface area contributed by atoms with Gasteiger partial charge in [0.15, 0.2) is 5.54 Å². The topological polar surface area (TPSA) is 83.9 Å². The number of sulfonamides is 1. The molecule has 1 unspecified atom stereocenters. The molecule has 122 valence electrons. The van der Waals surface area contributed by atoms with Crippen LogP contribution in [0.5, 0.6) is 0 Å². The zero-order valence-electron chi connectivity index (χ0n) is 12.2. The van der Waals surface area contributed by atoms with Crippen LogP contribution in [0.25, 0.3) is 0 Å². The van der Waals surface area contributed by atoms with E-state index in [4.69, 9.17) is 4.74 Å². The molecule has 1 aromatic carbocycles. The molecule has 22 heavy (non-hydrogen) atoms. The average molecular weight is 331 g/mol. The van der Waals surface area contributed by atoms with Gasteiger partial charge in [-0.15, -0.1) is 0 Å². The Kier molecular flexibility index (Phi) is 4.84. The predicted molar refractivity (Wildman–Crippen MR) is 77.2 cm³/mol. The van der Waals surface area contributed by atoms with Crippen molar-refractivity contribution in [2.45, 2.75) is 24.1 Å².